The molecule has 0 aromatic carbocycles. The van der Waals surface area contributed by atoms with Crippen LogP contribution in [-0.2, 0) is 19.0 Å². The Kier molecular flexibility index (Phi) is 3.27. The number of hydrogen-bond donors (Lipinski definition) is 0. The van der Waals surface area contributed by atoms with Crippen LogP contribution in [0.4, 0.5) is 0 Å². The lowest BCUT2D eigenvalue weighted by Gasteiger charge is -2.36. The minimum absolute atomic E-state index is 0.0854. The van der Waals surface area contributed by atoms with Crippen LogP contribution in [0.2, 0.25) is 0 Å². The highest BCUT2D eigenvalue weighted by atomic mass is 16.9. The predicted octanol–water partition coefficient (Wildman–Crippen LogP) is 1.44. The summed E-state index contributed by atoms with van der Waals surface area (Å²) in [6, 6.07) is 0. The van der Waals surface area contributed by atoms with Gasteiger partial charge in [-0.3, -0.25) is 4.79 Å². The van der Waals surface area contributed by atoms with Crippen molar-refractivity contribution in [3.8, 4) is 0 Å². The molecule has 1 aliphatic heterocycles. The van der Waals surface area contributed by atoms with E-state index in [-0.39, 0.29) is 12.1 Å². The Labute approximate surface area is 78.2 Å². The Morgan fingerprint density at radius 3 is 2.85 bits per heavy atom. The molecule has 0 N–H and O–H groups in total. The number of hydrogen-bond acceptors (Lipinski definition) is 4. The second kappa shape index (κ2) is 4.07. The normalized spacial score (nSPS) is 34.4. The van der Waals surface area contributed by atoms with E-state index >= 15 is 0 Å². The van der Waals surface area contributed by atoms with Crippen molar-refractivity contribution in [1.82, 2.24) is 0 Å². The molecule has 2 unspecified atom stereocenters. The first-order valence-electron chi connectivity index (χ1n) is 4.63. The molecule has 0 spiro atoms. The lowest BCUT2D eigenvalue weighted by atomic mass is 10.2. The summed E-state index contributed by atoms with van der Waals surface area (Å²) in [6.45, 7) is 5.88. The minimum Gasteiger partial charge on any atom is -0.408 e. The fourth-order valence-corrected chi connectivity index (χ4v) is 1.36. The SMILES string of the molecule is CCOC1(C)OC(=O)CC(CC)O1. The summed E-state index contributed by atoms with van der Waals surface area (Å²) in [6.07, 6.45) is 1.02. The van der Waals surface area contributed by atoms with Crippen molar-refractivity contribution in [1.29, 1.82) is 0 Å². The fourth-order valence-electron chi connectivity index (χ4n) is 1.36. The van der Waals surface area contributed by atoms with Gasteiger partial charge in [-0.25, -0.2) is 0 Å². The zero-order chi connectivity index (χ0) is 9.90. The number of esters is 1. The van der Waals surface area contributed by atoms with E-state index in [4.69, 9.17) is 14.2 Å². The van der Waals surface area contributed by atoms with E-state index in [9.17, 15) is 4.79 Å². The Morgan fingerprint density at radius 2 is 2.31 bits per heavy atom. The van der Waals surface area contributed by atoms with Crippen LogP contribution in [0.1, 0.15) is 33.6 Å². The van der Waals surface area contributed by atoms with Crippen LogP contribution in [0.15, 0.2) is 0 Å². The minimum atomic E-state index is -1.18. The predicted molar refractivity (Wildman–Crippen MR) is 45.9 cm³/mol. The van der Waals surface area contributed by atoms with E-state index in [1.165, 1.54) is 0 Å². The van der Waals surface area contributed by atoms with Crippen LogP contribution >= 0.6 is 0 Å². The molecule has 0 bridgehead atoms. The van der Waals surface area contributed by atoms with Gasteiger partial charge < -0.3 is 14.2 Å². The van der Waals surface area contributed by atoms with E-state index in [0.29, 0.717) is 13.0 Å². The maximum Gasteiger partial charge on any atom is 0.326 e. The second-order valence-corrected chi connectivity index (χ2v) is 3.12. The summed E-state index contributed by atoms with van der Waals surface area (Å²) in [5.74, 6) is -1.43. The van der Waals surface area contributed by atoms with Crippen LogP contribution in [0.5, 0.6) is 0 Å². The molecule has 0 radical (unpaired) electrons. The first kappa shape index (κ1) is 10.5. The van der Waals surface area contributed by atoms with Gasteiger partial charge in [-0.1, -0.05) is 6.92 Å². The number of ether oxygens (including phenoxy) is 3. The molecule has 1 saturated heterocycles. The van der Waals surface area contributed by atoms with E-state index in [1.54, 1.807) is 6.92 Å². The maximum absolute atomic E-state index is 11.1. The summed E-state index contributed by atoms with van der Waals surface area (Å²) in [7, 11) is 0. The molecule has 0 saturated carbocycles. The molecule has 2 atom stereocenters. The molecule has 4 nitrogen and oxygen atoms in total. The van der Waals surface area contributed by atoms with E-state index in [2.05, 4.69) is 0 Å². The molecule has 4 heteroatoms. The lowest BCUT2D eigenvalue weighted by Crippen LogP contribution is -2.46. The average molecular weight is 188 g/mol. The third-order valence-electron chi connectivity index (χ3n) is 1.94. The smallest absolute Gasteiger partial charge is 0.326 e. The molecule has 1 heterocycles. The summed E-state index contributed by atoms with van der Waals surface area (Å²) in [4.78, 5) is 11.1. The summed E-state index contributed by atoms with van der Waals surface area (Å²) in [5, 5.41) is 0. The zero-order valence-corrected chi connectivity index (χ0v) is 8.33. The van der Waals surface area contributed by atoms with E-state index in [1.807, 2.05) is 13.8 Å². The van der Waals surface area contributed by atoms with Crippen LogP contribution in [0.25, 0.3) is 0 Å². The van der Waals surface area contributed by atoms with Crippen molar-refractivity contribution in [2.24, 2.45) is 0 Å². The number of carbonyl (C=O) groups is 1. The van der Waals surface area contributed by atoms with Gasteiger partial charge in [0.1, 0.15) is 0 Å². The first-order valence-corrected chi connectivity index (χ1v) is 4.63. The van der Waals surface area contributed by atoms with Gasteiger partial charge in [-0.2, -0.15) is 0 Å². The van der Waals surface area contributed by atoms with Crippen molar-refractivity contribution in [2.45, 2.75) is 45.7 Å². The Balaban J connectivity index is 2.60. The molecule has 1 fully saturated rings. The van der Waals surface area contributed by atoms with Crippen LogP contribution < -0.4 is 0 Å². The molecule has 0 aliphatic carbocycles. The van der Waals surface area contributed by atoms with Crippen molar-refractivity contribution in [2.75, 3.05) is 6.61 Å². The number of cyclic esters (lactones) is 1. The maximum atomic E-state index is 11.1. The topological polar surface area (TPSA) is 44.8 Å². The van der Waals surface area contributed by atoms with E-state index < -0.39 is 5.97 Å². The average Bonchev–Trinajstić information content (AvgIpc) is 2.02. The van der Waals surface area contributed by atoms with Gasteiger partial charge in [0, 0.05) is 6.92 Å². The highest BCUT2D eigenvalue weighted by molar-refractivity contribution is 5.70. The van der Waals surface area contributed by atoms with Crippen LogP contribution in [0.3, 0.4) is 0 Å². The van der Waals surface area contributed by atoms with Gasteiger partial charge in [0.2, 0.25) is 0 Å². The quantitative estimate of drug-likeness (QED) is 0.628. The summed E-state index contributed by atoms with van der Waals surface area (Å²) >= 11 is 0. The summed E-state index contributed by atoms with van der Waals surface area (Å²) in [5.41, 5.74) is 0. The van der Waals surface area contributed by atoms with Gasteiger partial charge in [0.25, 0.3) is 0 Å². The van der Waals surface area contributed by atoms with Gasteiger partial charge in [0.15, 0.2) is 0 Å². The molecular formula is C9H16O4. The lowest BCUT2D eigenvalue weighted by molar-refractivity contribution is -0.380. The Hall–Kier alpha value is -0.610. The van der Waals surface area contributed by atoms with Crippen molar-refractivity contribution < 1.29 is 19.0 Å². The molecule has 76 valence electrons. The highest BCUT2D eigenvalue weighted by Crippen LogP contribution is 2.26. The van der Waals surface area contributed by atoms with Crippen molar-refractivity contribution in [3.05, 3.63) is 0 Å². The second-order valence-electron chi connectivity index (χ2n) is 3.12. The summed E-state index contributed by atoms with van der Waals surface area (Å²) < 4.78 is 15.6. The first-order chi connectivity index (χ1) is 6.09. The molecule has 0 aromatic rings. The van der Waals surface area contributed by atoms with E-state index in [0.717, 1.165) is 6.42 Å². The van der Waals surface area contributed by atoms with Gasteiger partial charge in [-0.05, 0) is 13.3 Å². The van der Waals surface area contributed by atoms with Crippen LogP contribution in [0, 0.1) is 0 Å². The molecule has 1 aliphatic rings. The highest BCUT2D eigenvalue weighted by Gasteiger charge is 2.39. The molecule has 1 rings (SSSR count). The van der Waals surface area contributed by atoms with Gasteiger partial charge in [0.05, 0.1) is 19.1 Å². The molecular weight excluding hydrogens is 172 g/mol. The standard InChI is InChI=1S/C9H16O4/c1-4-7-6-8(10)13-9(3,12-7)11-5-2/h7H,4-6H2,1-3H3. The molecule has 0 aromatic heterocycles. The number of carbonyl (C=O) groups excluding carboxylic acids is 1. The van der Waals surface area contributed by atoms with Crippen molar-refractivity contribution >= 4 is 5.97 Å². The Bertz CT molecular complexity index is 192. The zero-order valence-electron chi connectivity index (χ0n) is 8.33. The third-order valence-corrected chi connectivity index (χ3v) is 1.94. The fraction of sp³-hybridized carbons (Fsp3) is 0.889. The Morgan fingerprint density at radius 1 is 1.62 bits per heavy atom. The van der Waals surface area contributed by atoms with Crippen molar-refractivity contribution in [3.63, 3.8) is 0 Å². The van der Waals surface area contributed by atoms with Crippen LogP contribution in [-0.4, -0.2) is 24.7 Å². The molecule has 13 heavy (non-hydrogen) atoms. The number of rotatable bonds is 3. The largest absolute Gasteiger partial charge is 0.408 e. The molecule has 0 amide bonds. The monoisotopic (exact) mass is 188 g/mol. The van der Waals surface area contributed by atoms with Gasteiger partial charge >= 0.3 is 11.9 Å². The third kappa shape index (κ3) is 2.67. The van der Waals surface area contributed by atoms with Gasteiger partial charge in [-0.15, -0.1) is 0 Å².